The van der Waals surface area contributed by atoms with Crippen LogP contribution in [0, 0.1) is 11.6 Å². The fraction of sp³-hybridized carbons (Fsp3) is 0.615. The van der Waals surface area contributed by atoms with Crippen LogP contribution >= 0.6 is 0 Å². The molecule has 3 nitrogen and oxygen atoms in total. The maximum atomic E-state index is 13.6. The van der Waals surface area contributed by atoms with E-state index >= 15 is 0 Å². The van der Waals surface area contributed by atoms with Gasteiger partial charge in [-0.1, -0.05) is 20.8 Å². The second-order valence-corrected chi connectivity index (χ2v) is 4.23. The Labute approximate surface area is 107 Å². The first-order chi connectivity index (χ1) is 8.62. The lowest BCUT2D eigenvalue weighted by atomic mass is 10.2. The van der Waals surface area contributed by atoms with Crippen LogP contribution < -0.4 is 10.6 Å². The van der Waals surface area contributed by atoms with Gasteiger partial charge >= 0.3 is 0 Å². The Balaban J connectivity index is 2.89. The van der Waals surface area contributed by atoms with Crippen molar-refractivity contribution in [3.05, 3.63) is 17.7 Å². The van der Waals surface area contributed by atoms with Gasteiger partial charge in [0.1, 0.15) is 0 Å². The second kappa shape index (κ2) is 7.13. The molecule has 0 aromatic carbocycles. The van der Waals surface area contributed by atoms with Gasteiger partial charge in [0, 0.05) is 18.7 Å². The molecule has 0 saturated carbocycles. The van der Waals surface area contributed by atoms with Gasteiger partial charge in [-0.05, 0) is 19.3 Å². The van der Waals surface area contributed by atoms with Gasteiger partial charge in [-0.15, -0.1) is 0 Å². The number of nitrogens with zero attached hydrogens (tertiary/aromatic N) is 1. The number of pyridine rings is 1. The van der Waals surface area contributed by atoms with Gasteiger partial charge in [-0.2, -0.15) is 0 Å². The van der Waals surface area contributed by atoms with Crippen molar-refractivity contribution in [1.82, 2.24) is 4.98 Å². The first-order valence-corrected chi connectivity index (χ1v) is 6.48. The second-order valence-electron chi connectivity index (χ2n) is 4.23. The Morgan fingerprint density at radius 1 is 1.11 bits per heavy atom. The molecule has 1 aromatic rings. The maximum Gasteiger partial charge on any atom is 0.168 e. The van der Waals surface area contributed by atoms with Gasteiger partial charge in [0.15, 0.2) is 23.3 Å². The number of aromatic nitrogens is 1. The molecule has 0 amide bonds. The highest BCUT2D eigenvalue weighted by atomic mass is 19.1. The molecule has 1 aromatic heterocycles. The standard InChI is InChI=1S/C13H21F2N3/c1-4-7-16-12-10(14)8-11(15)13(18-12)17-9(5-2)6-3/h8-9H,4-7H2,1-3H3,(H2,16,17,18). The van der Waals surface area contributed by atoms with E-state index in [1.807, 2.05) is 20.8 Å². The molecule has 18 heavy (non-hydrogen) atoms. The summed E-state index contributed by atoms with van der Waals surface area (Å²) in [6, 6.07) is 1.02. The number of anilines is 2. The lowest BCUT2D eigenvalue weighted by molar-refractivity contribution is 0.571. The summed E-state index contributed by atoms with van der Waals surface area (Å²) in [5.74, 6) is -1.09. The number of halogens is 2. The molecule has 0 spiro atoms. The van der Waals surface area contributed by atoms with E-state index < -0.39 is 11.6 Å². The van der Waals surface area contributed by atoms with Crippen molar-refractivity contribution in [1.29, 1.82) is 0 Å². The van der Waals surface area contributed by atoms with Crippen LogP contribution in [-0.2, 0) is 0 Å². The summed E-state index contributed by atoms with van der Waals surface area (Å²) < 4.78 is 27.1. The Morgan fingerprint density at radius 3 is 2.28 bits per heavy atom. The zero-order valence-electron chi connectivity index (χ0n) is 11.2. The summed E-state index contributed by atoms with van der Waals surface area (Å²) in [5, 5.41) is 5.84. The van der Waals surface area contributed by atoms with Crippen LogP contribution in [0.2, 0.25) is 0 Å². The third kappa shape index (κ3) is 3.82. The summed E-state index contributed by atoms with van der Waals surface area (Å²) in [7, 11) is 0. The number of hydrogen-bond donors (Lipinski definition) is 2. The number of nitrogens with one attached hydrogen (secondary N) is 2. The molecule has 1 rings (SSSR count). The molecule has 5 heteroatoms. The molecule has 0 fully saturated rings. The van der Waals surface area contributed by atoms with E-state index in [-0.39, 0.29) is 17.7 Å². The van der Waals surface area contributed by atoms with Crippen LogP contribution in [0.5, 0.6) is 0 Å². The highest BCUT2D eigenvalue weighted by Gasteiger charge is 2.13. The molecule has 0 bridgehead atoms. The van der Waals surface area contributed by atoms with Gasteiger partial charge < -0.3 is 10.6 Å². The smallest absolute Gasteiger partial charge is 0.168 e. The van der Waals surface area contributed by atoms with Crippen LogP contribution in [-0.4, -0.2) is 17.6 Å². The zero-order valence-corrected chi connectivity index (χ0v) is 11.2. The molecule has 0 saturated heterocycles. The highest BCUT2D eigenvalue weighted by molar-refractivity contribution is 5.48. The Morgan fingerprint density at radius 2 is 1.72 bits per heavy atom. The molecule has 0 radical (unpaired) electrons. The zero-order chi connectivity index (χ0) is 13.5. The summed E-state index contributed by atoms with van der Waals surface area (Å²) in [6.07, 6.45) is 2.59. The minimum Gasteiger partial charge on any atom is -0.368 e. The van der Waals surface area contributed by atoms with Crippen molar-refractivity contribution in [2.24, 2.45) is 0 Å². The largest absolute Gasteiger partial charge is 0.368 e. The first-order valence-electron chi connectivity index (χ1n) is 6.48. The lowest BCUT2D eigenvalue weighted by Gasteiger charge is -2.17. The maximum absolute atomic E-state index is 13.6. The summed E-state index contributed by atoms with van der Waals surface area (Å²) in [6.45, 7) is 6.61. The van der Waals surface area contributed by atoms with Gasteiger partial charge in [0.05, 0.1) is 0 Å². The van der Waals surface area contributed by atoms with Crippen LogP contribution in [0.4, 0.5) is 20.4 Å². The molecule has 0 aliphatic heterocycles. The molecule has 0 aliphatic carbocycles. The number of rotatable bonds is 7. The molecule has 0 aliphatic rings. The van der Waals surface area contributed by atoms with E-state index in [0.29, 0.717) is 6.54 Å². The summed E-state index contributed by atoms with van der Waals surface area (Å²) in [4.78, 5) is 3.97. The topological polar surface area (TPSA) is 37.0 Å². The molecule has 0 unspecified atom stereocenters. The molecule has 102 valence electrons. The Bertz CT molecular complexity index is 379. The molecular weight excluding hydrogens is 236 g/mol. The average Bonchev–Trinajstić information content (AvgIpc) is 2.36. The number of hydrogen-bond acceptors (Lipinski definition) is 3. The fourth-order valence-electron chi connectivity index (χ4n) is 1.62. The van der Waals surface area contributed by atoms with E-state index in [9.17, 15) is 8.78 Å². The first kappa shape index (κ1) is 14.7. The molecule has 1 heterocycles. The fourth-order valence-corrected chi connectivity index (χ4v) is 1.62. The third-order valence-corrected chi connectivity index (χ3v) is 2.80. The minimum atomic E-state index is -0.656. The SMILES string of the molecule is CCCNc1nc(NC(CC)CC)c(F)cc1F. The normalized spacial score (nSPS) is 10.8. The van der Waals surface area contributed by atoms with Crippen molar-refractivity contribution in [3.63, 3.8) is 0 Å². The predicted octanol–water partition coefficient (Wildman–Crippen LogP) is 3.78. The third-order valence-electron chi connectivity index (χ3n) is 2.80. The van der Waals surface area contributed by atoms with Crippen LogP contribution in [0.1, 0.15) is 40.0 Å². The van der Waals surface area contributed by atoms with E-state index in [4.69, 9.17) is 0 Å². The van der Waals surface area contributed by atoms with Crippen LogP contribution in [0.25, 0.3) is 0 Å². The Hall–Kier alpha value is -1.39. The van der Waals surface area contributed by atoms with Crippen molar-refractivity contribution in [2.45, 2.75) is 46.1 Å². The Kier molecular flexibility index (Phi) is 5.82. The van der Waals surface area contributed by atoms with Gasteiger partial charge in [0.2, 0.25) is 0 Å². The van der Waals surface area contributed by atoms with E-state index in [1.165, 1.54) is 0 Å². The van der Waals surface area contributed by atoms with Crippen LogP contribution in [0.15, 0.2) is 6.07 Å². The van der Waals surface area contributed by atoms with Crippen LogP contribution in [0.3, 0.4) is 0 Å². The van der Waals surface area contributed by atoms with Gasteiger partial charge in [-0.25, -0.2) is 13.8 Å². The van der Waals surface area contributed by atoms with Crippen molar-refractivity contribution >= 4 is 11.6 Å². The van der Waals surface area contributed by atoms with E-state index in [2.05, 4.69) is 15.6 Å². The average molecular weight is 257 g/mol. The monoisotopic (exact) mass is 257 g/mol. The highest BCUT2D eigenvalue weighted by Crippen LogP contribution is 2.20. The minimum absolute atomic E-state index is 0.103. The lowest BCUT2D eigenvalue weighted by Crippen LogP contribution is -2.19. The van der Waals surface area contributed by atoms with Crippen molar-refractivity contribution < 1.29 is 8.78 Å². The van der Waals surface area contributed by atoms with Gasteiger partial charge in [0.25, 0.3) is 0 Å². The molecule has 0 atom stereocenters. The van der Waals surface area contributed by atoms with Crippen molar-refractivity contribution in [3.8, 4) is 0 Å². The summed E-state index contributed by atoms with van der Waals surface area (Å²) >= 11 is 0. The summed E-state index contributed by atoms with van der Waals surface area (Å²) in [5.41, 5.74) is 0. The quantitative estimate of drug-likeness (QED) is 0.780. The van der Waals surface area contributed by atoms with Crippen molar-refractivity contribution in [2.75, 3.05) is 17.2 Å². The molecule has 2 N–H and O–H groups in total. The predicted molar refractivity (Wildman–Crippen MR) is 70.9 cm³/mol. The van der Waals surface area contributed by atoms with Gasteiger partial charge in [-0.3, -0.25) is 0 Å². The van der Waals surface area contributed by atoms with E-state index in [1.54, 1.807) is 0 Å². The molecular formula is C13H21F2N3. The van der Waals surface area contributed by atoms with E-state index in [0.717, 1.165) is 25.3 Å².